The van der Waals surface area contributed by atoms with E-state index < -0.39 is 5.82 Å². The largest absolute Gasteiger partial charge is 0.334 e. The molecule has 1 aromatic rings. The van der Waals surface area contributed by atoms with Crippen molar-refractivity contribution in [2.24, 2.45) is 5.73 Å². The standard InChI is InChI=1S/C11H14FN3O/c12-9-4-8(6-14-7-9)11(16)15-3-1-2-10(15)5-13/h4,6-7,10H,1-3,5,13H2. The molecule has 1 amide bonds. The van der Waals surface area contributed by atoms with Crippen molar-refractivity contribution >= 4 is 5.91 Å². The molecule has 0 bridgehead atoms. The fourth-order valence-electron chi connectivity index (χ4n) is 2.04. The van der Waals surface area contributed by atoms with Gasteiger partial charge in [-0.05, 0) is 18.9 Å². The summed E-state index contributed by atoms with van der Waals surface area (Å²) in [7, 11) is 0. The van der Waals surface area contributed by atoms with Crippen molar-refractivity contribution in [1.82, 2.24) is 9.88 Å². The summed E-state index contributed by atoms with van der Waals surface area (Å²) in [6.45, 7) is 1.14. The van der Waals surface area contributed by atoms with Crippen LogP contribution in [0.5, 0.6) is 0 Å². The summed E-state index contributed by atoms with van der Waals surface area (Å²) in [5.41, 5.74) is 5.88. The Morgan fingerprint density at radius 2 is 2.44 bits per heavy atom. The third kappa shape index (κ3) is 2.04. The molecule has 16 heavy (non-hydrogen) atoms. The van der Waals surface area contributed by atoms with Crippen molar-refractivity contribution in [3.63, 3.8) is 0 Å². The van der Waals surface area contributed by atoms with Crippen LogP contribution in [0.4, 0.5) is 4.39 Å². The Morgan fingerprint density at radius 3 is 3.12 bits per heavy atom. The molecule has 5 heteroatoms. The SMILES string of the molecule is NCC1CCCN1C(=O)c1cncc(F)c1. The van der Waals surface area contributed by atoms with Crippen molar-refractivity contribution in [2.75, 3.05) is 13.1 Å². The maximum absolute atomic E-state index is 12.9. The molecule has 0 aliphatic carbocycles. The Balaban J connectivity index is 2.18. The first-order valence-electron chi connectivity index (χ1n) is 5.34. The summed E-state index contributed by atoms with van der Waals surface area (Å²) in [5.74, 6) is -0.672. The topological polar surface area (TPSA) is 59.2 Å². The number of nitrogens with two attached hydrogens (primary N) is 1. The quantitative estimate of drug-likeness (QED) is 0.806. The van der Waals surface area contributed by atoms with Crippen molar-refractivity contribution in [3.8, 4) is 0 Å². The van der Waals surface area contributed by atoms with Crippen molar-refractivity contribution in [3.05, 3.63) is 29.8 Å². The number of hydrogen-bond donors (Lipinski definition) is 1. The summed E-state index contributed by atoms with van der Waals surface area (Å²) >= 11 is 0. The summed E-state index contributed by atoms with van der Waals surface area (Å²) in [6.07, 6.45) is 4.35. The van der Waals surface area contributed by atoms with Gasteiger partial charge < -0.3 is 10.6 Å². The van der Waals surface area contributed by atoms with Crippen LogP contribution in [-0.2, 0) is 0 Å². The van der Waals surface area contributed by atoms with Gasteiger partial charge in [0.05, 0.1) is 11.8 Å². The maximum atomic E-state index is 12.9. The zero-order valence-corrected chi connectivity index (χ0v) is 8.90. The number of carbonyl (C=O) groups is 1. The first-order valence-corrected chi connectivity index (χ1v) is 5.34. The van der Waals surface area contributed by atoms with Gasteiger partial charge in [0.1, 0.15) is 5.82 Å². The van der Waals surface area contributed by atoms with Crippen LogP contribution >= 0.6 is 0 Å². The van der Waals surface area contributed by atoms with E-state index in [0.29, 0.717) is 18.7 Å². The van der Waals surface area contributed by atoms with E-state index in [9.17, 15) is 9.18 Å². The second-order valence-electron chi connectivity index (χ2n) is 3.92. The number of rotatable bonds is 2. The van der Waals surface area contributed by atoms with Gasteiger partial charge in [0.25, 0.3) is 5.91 Å². The Bertz CT molecular complexity index is 397. The van der Waals surface area contributed by atoms with Gasteiger partial charge >= 0.3 is 0 Å². The first-order chi connectivity index (χ1) is 7.72. The minimum absolute atomic E-state index is 0.0794. The van der Waals surface area contributed by atoms with Crippen molar-refractivity contribution in [2.45, 2.75) is 18.9 Å². The average Bonchev–Trinajstić information content (AvgIpc) is 2.76. The third-order valence-corrected chi connectivity index (χ3v) is 2.86. The highest BCUT2D eigenvalue weighted by molar-refractivity contribution is 5.94. The van der Waals surface area contributed by atoms with Crippen LogP contribution < -0.4 is 5.73 Å². The zero-order valence-electron chi connectivity index (χ0n) is 8.90. The zero-order chi connectivity index (χ0) is 11.5. The molecule has 1 unspecified atom stereocenters. The lowest BCUT2D eigenvalue weighted by Gasteiger charge is -2.23. The molecule has 1 fully saturated rings. The summed E-state index contributed by atoms with van der Waals surface area (Å²) < 4.78 is 12.9. The number of amides is 1. The summed E-state index contributed by atoms with van der Waals surface area (Å²) in [4.78, 5) is 17.4. The molecule has 0 aromatic carbocycles. The molecule has 1 aromatic heterocycles. The highest BCUT2D eigenvalue weighted by Crippen LogP contribution is 2.19. The fourth-order valence-corrected chi connectivity index (χ4v) is 2.04. The smallest absolute Gasteiger partial charge is 0.255 e. The van der Waals surface area contributed by atoms with E-state index in [1.165, 1.54) is 12.3 Å². The van der Waals surface area contributed by atoms with E-state index in [0.717, 1.165) is 19.0 Å². The Kier molecular flexibility index (Phi) is 3.14. The Hall–Kier alpha value is -1.49. The van der Waals surface area contributed by atoms with Gasteiger partial charge in [-0.1, -0.05) is 0 Å². The number of pyridine rings is 1. The van der Waals surface area contributed by atoms with Crippen LogP contribution in [0.15, 0.2) is 18.5 Å². The van der Waals surface area contributed by atoms with Crippen LogP contribution in [0, 0.1) is 5.82 Å². The lowest BCUT2D eigenvalue weighted by Crippen LogP contribution is -2.39. The molecular weight excluding hydrogens is 209 g/mol. The van der Waals surface area contributed by atoms with Crippen LogP contribution in [0.1, 0.15) is 23.2 Å². The molecule has 2 heterocycles. The summed E-state index contributed by atoms with van der Waals surface area (Å²) in [6, 6.07) is 1.29. The lowest BCUT2D eigenvalue weighted by molar-refractivity contribution is 0.0740. The predicted octanol–water partition coefficient (Wildman–Crippen LogP) is 0.784. The lowest BCUT2D eigenvalue weighted by atomic mass is 10.2. The second-order valence-corrected chi connectivity index (χ2v) is 3.92. The molecule has 4 nitrogen and oxygen atoms in total. The van der Waals surface area contributed by atoms with E-state index in [-0.39, 0.29) is 11.9 Å². The molecule has 86 valence electrons. The fraction of sp³-hybridized carbons (Fsp3) is 0.455. The van der Waals surface area contributed by atoms with Gasteiger partial charge in [0.2, 0.25) is 0 Å². The minimum Gasteiger partial charge on any atom is -0.334 e. The number of likely N-dealkylation sites (tertiary alicyclic amines) is 1. The Morgan fingerprint density at radius 1 is 1.62 bits per heavy atom. The predicted molar refractivity (Wildman–Crippen MR) is 57.3 cm³/mol. The maximum Gasteiger partial charge on any atom is 0.255 e. The number of hydrogen-bond acceptors (Lipinski definition) is 3. The van der Waals surface area contributed by atoms with E-state index in [1.54, 1.807) is 4.90 Å². The van der Waals surface area contributed by atoms with E-state index in [1.807, 2.05) is 0 Å². The van der Waals surface area contributed by atoms with Gasteiger partial charge in [0, 0.05) is 25.3 Å². The number of carbonyl (C=O) groups excluding carboxylic acids is 1. The second kappa shape index (κ2) is 4.57. The number of nitrogens with zero attached hydrogens (tertiary/aromatic N) is 2. The van der Waals surface area contributed by atoms with Crippen LogP contribution in [0.2, 0.25) is 0 Å². The normalized spacial score (nSPS) is 20.1. The highest BCUT2D eigenvalue weighted by Gasteiger charge is 2.28. The molecule has 2 rings (SSSR count). The van der Waals surface area contributed by atoms with Gasteiger partial charge in [-0.3, -0.25) is 9.78 Å². The minimum atomic E-state index is -0.491. The van der Waals surface area contributed by atoms with Gasteiger partial charge in [0.15, 0.2) is 0 Å². The number of aromatic nitrogens is 1. The van der Waals surface area contributed by atoms with Crippen LogP contribution in [-0.4, -0.2) is 34.9 Å². The molecule has 1 aliphatic rings. The molecule has 1 atom stereocenters. The van der Waals surface area contributed by atoms with Gasteiger partial charge in [-0.15, -0.1) is 0 Å². The van der Waals surface area contributed by atoms with Gasteiger partial charge in [-0.25, -0.2) is 4.39 Å². The molecule has 0 saturated carbocycles. The molecular formula is C11H14FN3O. The molecule has 0 radical (unpaired) electrons. The first kappa shape index (κ1) is 11.0. The molecule has 1 saturated heterocycles. The molecule has 0 spiro atoms. The number of halogens is 1. The van der Waals surface area contributed by atoms with Crippen LogP contribution in [0.3, 0.4) is 0 Å². The molecule has 2 N–H and O–H groups in total. The third-order valence-electron chi connectivity index (χ3n) is 2.86. The molecule has 1 aliphatic heterocycles. The average molecular weight is 223 g/mol. The van der Waals surface area contributed by atoms with E-state index >= 15 is 0 Å². The van der Waals surface area contributed by atoms with Crippen molar-refractivity contribution in [1.29, 1.82) is 0 Å². The highest BCUT2D eigenvalue weighted by atomic mass is 19.1. The van der Waals surface area contributed by atoms with E-state index in [2.05, 4.69) is 4.98 Å². The monoisotopic (exact) mass is 223 g/mol. The van der Waals surface area contributed by atoms with Crippen molar-refractivity contribution < 1.29 is 9.18 Å². The van der Waals surface area contributed by atoms with Crippen LogP contribution in [0.25, 0.3) is 0 Å². The van der Waals surface area contributed by atoms with Gasteiger partial charge in [-0.2, -0.15) is 0 Å². The Labute approximate surface area is 93.3 Å². The van der Waals surface area contributed by atoms with E-state index in [4.69, 9.17) is 5.73 Å². The summed E-state index contributed by atoms with van der Waals surface area (Å²) in [5, 5.41) is 0.